The first-order chi connectivity index (χ1) is 13.9. The molecule has 0 aliphatic carbocycles. The Bertz CT molecular complexity index is 851. The molecule has 2 N–H and O–H groups in total. The number of rotatable bonds is 6. The van der Waals surface area contributed by atoms with Crippen LogP contribution in [0.15, 0.2) is 33.8 Å². The van der Waals surface area contributed by atoms with Gasteiger partial charge in [0, 0.05) is 48.3 Å². The molecule has 1 fully saturated rings. The van der Waals surface area contributed by atoms with Crippen molar-refractivity contribution < 1.29 is 9.26 Å². The first-order valence-corrected chi connectivity index (χ1v) is 10.6. The van der Waals surface area contributed by atoms with Gasteiger partial charge in [-0.3, -0.25) is 4.99 Å². The van der Waals surface area contributed by atoms with Gasteiger partial charge in [-0.05, 0) is 36.5 Å². The number of aliphatic imine (C=N–C) groups is 1. The van der Waals surface area contributed by atoms with E-state index < -0.39 is 0 Å². The lowest BCUT2D eigenvalue weighted by molar-refractivity contribution is 0.0514. The summed E-state index contributed by atoms with van der Waals surface area (Å²) < 4.78 is 11.0. The molecule has 0 amide bonds. The normalized spacial score (nSPS) is 16.3. The largest absolute Gasteiger partial charge is 0.381 e. The smallest absolute Gasteiger partial charge is 0.191 e. The lowest BCUT2D eigenvalue weighted by atomic mass is 9.74. The number of hydrogen-bond acceptors (Lipinski definition) is 4. The fourth-order valence-electron chi connectivity index (χ4n) is 3.55. The van der Waals surface area contributed by atoms with Crippen LogP contribution in [0.25, 0.3) is 0 Å². The summed E-state index contributed by atoms with van der Waals surface area (Å²) in [6.45, 7) is 6.77. The Morgan fingerprint density at radius 1 is 1.20 bits per heavy atom. The van der Waals surface area contributed by atoms with Crippen molar-refractivity contribution in [2.24, 2.45) is 4.99 Å². The molecule has 1 saturated heterocycles. The fraction of sp³-hybridized carbons (Fsp3) is 0.524. The molecule has 2 aromatic rings. The second-order valence-corrected chi connectivity index (χ2v) is 8.51. The third kappa shape index (κ3) is 6.24. The van der Waals surface area contributed by atoms with Crippen LogP contribution < -0.4 is 10.6 Å². The first-order valence-electron chi connectivity index (χ1n) is 9.87. The molecule has 3 rings (SSSR count). The lowest BCUT2D eigenvalue weighted by Gasteiger charge is -2.38. The summed E-state index contributed by atoms with van der Waals surface area (Å²) in [5.74, 6) is 1.81. The Balaban J connectivity index is 0.00000320. The predicted molar refractivity (Wildman–Crippen MR) is 132 cm³/mol. The van der Waals surface area contributed by atoms with E-state index in [4.69, 9.17) is 32.5 Å². The Kier molecular flexibility index (Phi) is 9.71. The van der Waals surface area contributed by atoms with Crippen LogP contribution in [-0.4, -0.2) is 37.9 Å². The number of aromatic nitrogens is 1. The van der Waals surface area contributed by atoms with Crippen molar-refractivity contribution in [1.29, 1.82) is 0 Å². The molecule has 166 valence electrons. The van der Waals surface area contributed by atoms with Gasteiger partial charge >= 0.3 is 0 Å². The lowest BCUT2D eigenvalue weighted by Crippen LogP contribution is -2.48. The molecule has 6 nitrogen and oxygen atoms in total. The highest BCUT2D eigenvalue weighted by atomic mass is 127. The summed E-state index contributed by atoms with van der Waals surface area (Å²) in [6.07, 6.45) is 1.75. The molecular weight excluding hydrogens is 538 g/mol. The number of ether oxygens (including phenoxy) is 1. The Morgan fingerprint density at radius 3 is 2.53 bits per heavy atom. The SMILES string of the molecule is CN=C(NCc1cc(C(C)C)no1)NCC1(c2ccc(Cl)cc2Cl)CCOCC1.I. The molecule has 1 aromatic heterocycles. The monoisotopic (exact) mass is 566 g/mol. The minimum absolute atomic E-state index is 0. The molecule has 30 heavy (non-hydrogen) atoms. The molecule has 0 atom stereocenters. The second-order valence-electron chi connectivity index (χ2n) is 7.67. The molecule has 9 heteroatoms. The zero-order valence-electron chi connectivity index (χ0n) is 17.5. The maximum atomic E-state index is 6.55. The van der Waals surface area contributed by atoms with Gasteiger partial charge in [0.15, 0.2) is 11.7 Å². The Labute approximate surface area is 205 Å². The van der Waals surface area contributed by atoms with Crippen LogP contribution in [0.1, 0.15) is 49.6 Å². The molecule has 0 saturated carbocycles. The van der Waals surface area contributed by atoms with Crippen molar-refractivity contribution in [3.8, 4) is 0 Å². The second kappa shape index (κ2) is 11.5. The van der Waals surface area contributed by atoms with Gasteiger partial charge in [-0.15, -0.1) is 24.0 Å². The minimum Gasteiger partial charge on any atom is -0.381 e. The van der Waals surface area contributed by atoms with E-state index in [0.29, 0.717) is 48.2 Å². The summed E-state index contributed by atoms with van der Waals surface area (Å²) in [5, 5.41) is 12.2. The van der Waals surface area contributed by atoms with Crippen LogP contribution in [0.2, 0.25) is 10.0 Å². The van der Waals surface area contributed by atoms with Crippen molar-refractivity contribution >= 4 is 53.1 Å². The van der Waals surface area contributed by atoms with E-state index in [1.165, 1.54) is 0 Å². The van der Waals surface area contributed by atoms with Crippen molar-refractivity contribution in [2.45, 2.75) is 44.6 Å². The van der Waals surface area contributed by atoms with Gasteiger partial charge < -0.3 is 19.9 Å². The average Bonchev–Trinajstić information content (AvgIpc) is 3.18. The van der Waals surface area contributed by atoms with Crippen LogP contribution in [0, 0.1) is 0 Å². The van der Waals surface area contributed by atoms with Crippen molar-refractivity contribution in [1.82, 2.24) is 15.8 Å². The number of halogens is 3. The van der Waals surface area contributed by atoms with Crippen molar-refractivity contribution in [3.63, 3.8) is 0 Å². The molecular formula is C21H29Cl2IN4O2. The third-order valence-corrected chi connectivity index (χ3v) is 5.92. The maximum absolute atomic E-state index is 6.55. The van der Waals surface area contributed by atoms with Gasteiger partial charge in [0.05, 0.1) is 12.2 Å². The molecule has 2 heterocycles. The Hall–Kier alpha value is -1.03. The standard InChI is InChI=1S/C21H28Cl2N4O2.HI/c1-14(2)19-11-16(29-27-19)12-25-20(24-3)26-13-21(6-8-28-9-7-21)17-5-4-15(22)10-18(17)23;/h4-5,10-11,14H,6-9,12-13H2,1-3H3,(H2,24,25,26);1H. The highest BCUT2D eigenvalue weighted by Crippen LogP contribution is 2.39. The highest BCUT2D eigenvalue weighted by Gasteiger charge is 2.36. The Morgan fingerprint density at radius 2 is 1.93 bits per heavy atom. The molecule has 0 bridgehead atoms. The van der Waals surface area contributed by atoms with Crippen LogP contribution in [0.3, 0.4) is 0 Å². The molecule has 1 aliphatic rings. The van der Waals surface area contributed by atoms with Crippen LogP contribution in [0.5, 0.6) is 0 Å². The van der Waals surface area contributed by atoms with E-state index in [2.05, 4.69) is 34.6 Å². The van der Waals surface area contributed by atoms with E-state index in [0.717, 1.165) is 29.9 Å². The maximum Gasteiger partial charge on any atom is 0.191 e. The van der Waals surface area contributed by atoms with Crippen molar-refractivity contribution in [3.05, 3.63) is 51.3 Å². The third-order valence-electron chi connectivity index (χ3n) is 5.37. The number of nitrogens with one attached hydrogen (secondary N) is 2. The average molecular weight is 567 g/mol. The topological polar surface area (TPSA) is 71.7 Å². The molecule has 0 radical (unpaired) electrons. The number of hydrogen-bond donors (Lipinski definition) is 2. The van der Waals surface area contributed by atoms with Crippen molar-refractivity contribution in [2.75, 3.05) is 26.8 Å². The van der Waals surface area contributed by atoms with Gasteiger partial charge in [-0.2, -0.15) is 0 Å². The number of benzene rings is 1. The van der Waals surface area contributed by atoms with Crippen LogP contribution >= 0.6 is 47.2 Å². The molecule has 1 aliphatic heterocycles. The van der Waals surface area contributed by atoms with Gasteiger partial charge in [-0.1, -0.05) is 48.3 Å². The first kappa shape index (κ1) is 25.2. The molecule has 0 spiro atoms. The van der Waals surface area contributed by atoms with Crippen LogP contribution in [-0.2, 0) is 16.7 Å². The van der Waals surface area contributed by atoms with Gasteiger partial charge in [0.2, 0.25) is 0 Å². The summed E-state index contributed by atoms with van der Waals surface area (Å²) in [5.41, 5.74) is 1.89. The minimum atomic E-state index is -0.144. The van der Waals surface area contributed by atoms with E-state index in [-0.39, 0.29) is 29.4 Å². The highest BCUT2D eigenvalue weighted by molar-refractivity contribution is 14.0. The summed E-state index contributed by atoms with van der Waals surface area (Å²) in [6, 6.07) is 7.69. The quantitative estimate of drug-likeness (QED) is 0.288. The zero-order chi connectivity index (χ0) is 20.9. The van der Waals surface area contributed by atoms with E-state index in [1.807, 2.05) is 18.2 Å². The number of guanidine groups is 1. The van der Waals surface area contributed by atoms with E-state index in [9.17, 15) is 0 Å². The van der Waals surface area contributed by atoms with Gasteiger partial charge in [0.1, 0.15) is 0 Å². The predicted octanol–water partition coefficient (Wildman–Crippen LogP) is 5.14. The van der Waals surface area contributed by atoms with Gasteiger partial charge in [-0.25, -0.2) is 0 Å². The number of nitrogens with zero attached hydrogens (tertiary/aromatic N) is 2. The summed E-state index contributed by atoms with van der Waals surface area (Å²) in [4.78, 5) is 4.34. The summed E-state index contributed by atoms with van der Waals surface area (Å²) >= 11 is 12.7. The fourth-order valence-corrected chi connectivity index (χ4v) is 4.16. The van der Waals surface area contributed by atoms with Gasteiger partial charge in [0.25, 0.3) is 0 Å². The zero-order valence-corrected chi connectivity index (χ0v) is 21.3. The van der Waals surface area contributed by atoms with E-state index in [1.54, 1.807) is 13.1 Å². The molecule has 1 aromatic carbocycles. The van der Waals surface area contributed by atoms with E-state index >= 15 is 0 Å². The van der Waals surface area contributed by atoms with Crippen LogP contribution in [0.4, 0.5) is 0 Å². The summed E-state index contributed by atoms with van der Waals surface area (Å²) in [7, 11) is 1.75. The molecule has 0 unspecified atom stereocenters.